The number of carbonyl (C=O) groups excluding carboxylic acids is 1. The summed E-state index contributed by atoms with van der Waals surface area (Å²) in [4.78, 5) is 13.8. The Balaban J connectivity index is 1.31. The Hall–Kier alpha value is -2.76. The van der Waals surface area contributed by atoms with Crippen molar-refractivity contribution in [3.05, 3.63) is 59.4 Å². The average molecular weight is 491 g/mol. The van der Waals surface area contributed by atoms with E-state index in [-0.39, 0.29) is 48.0 Å². The summed E-state index contributed by atoms with van der Waals surface area (Å²) in [7, 11) is -3.94. The summed E-state index contributed by atoms with van der Waals surface area (Å²) in [6, 6.07) is 11.1. The highest BCUT2D eigenvalue weighted by molar-refractivity contribution is 7.99. The molecule has 1 fully saturated rings. The third-order valence-electron chi connectivity index (χ3n) is 5.53. The van der Waals surface area contributed by atoms with Gasteiger partial charge in [-0.3, -0.25) is 4.79 Å². The first-order valence-corrected chi connectivity index (χ1v) is 12.7. The summed E-state index contributed by atoms with van der Waals surface area (Å²) in [6.45, 7) is 4.69. The molecule has 0 bridgehead atoms. The van der Waals surface area contributed by atoms with Crippen LogP contribution in [0.3, 0.4) is 0 Å². The molecule has 2 heterocycles. The number of piperazine rings is 1. The molecule has 0 atom stereocenters. The molecule has 2 aromatic carbocycles. The summed E-state index contributed by atoms with van der Waals surface area (Å²) >= 11 is 1.14. The Morgan fingerprint density at radius 1 is 1.06 bits per heavy atom. The van der Waals surface area contributed by atoms with Crippen LogP contribution in [0.4, 0.5) is 4.39 Å². The molecule has 1 aromatic heterocycles. The third kappa shape index (κ3) is 5.10. The van der Waals surface area contributed by atoms with Gasteiger partial charge in [-0.2, -0.15) is 4.31 Å². The van der Waals surface area contributed by atoms with E-state index >= 15 is 0 Å². The number of carbonyl (C=O) groups is 1. The standard InChI is InChI=1S/C22H23FN4O4S2/c1-15-7-8-17(13-16(15)2)21-24-25-22(31-21)32-14-20(28)26-9-11-27(12-10-26)33(29,30)19-6-4-3-5-18(19)23/h3-8,13H,9-12,14H2,1-2H3. The van der Waals surface area contributed by atoms with Crippen molar-refractivity contribution >= 4 is 27.7 Å². The van der Waals surface area contributed by atoms with Gasteiger partial charge < -0.3 is 9.32 Å². The smallest absolute Gasteiger partial charge is 0.277 e. The molecule has 0 saturated carbocycles. The van der Waals surface area contributed by atoms with Crippen LogP contribution in [0.15, 0.2) is 57.0 Å². The molecular formula is C22H23FN4O4S2. The van der Waals surface area contributed by atoms with E-state index in [1.165, 1.54) is 28.1 Å². The third-order valence-corrected chi connectivity index (χ3v) is 8.26. The maximum Gasteiger partial charge on any atom is 0.277 e. The SMILES string of the molecule is Cc1ccc(-c2nnc(SCC(=O)N3CCN(S(=O)(=O)c4ccccc4F)CC3)o2)cc1C. The van der Waals surface area contributed by atoms with Crippen molar-refractivity contribution in [2.24, 2.45) is 0 Å². The van der Waals surface area contributed by atoms with Crippen LogP contribution in [0.2, 0.25) is 0 Å². The topological polar surface area (TPSA) is 96.6 Å². The first-order valence-electron chi connectivity index (χ1n) is 10.3. The monoisotopic (exact) mass is 490 g/mol. The van der Waals surface area contributed by atoms with Crippen LogP contribution in [0, 0.1) is 19.7 Å². The first-order chi connectivity index (χ1) is 15.8. The predicted molar refractivity (Wildman–Crippen MR) is 122 cm³/mol. The molecule has 1 aliphatic heterocycles. The molecule has 3 aromatic rings. The van der Waals surface area contributed by atoms with Gasteiger partial charge in [0.05, 0.1) is 5.75 Å². The minimum atomic E-state index is -3.94. The van der Waals surface area contributed by atoms with Crippen molar-refractivity contribution in [2.45, 2.75) is 24.0 Å². The summed E-state index contributed by atoms with van der Waals surface area (Å²) in [5.41, 5.74) is 3.10. The summed E-state index contributed by atoms with van der Waals surface area (Å²) < 4.78 is 46.2. The molecule has 8 nitrogen and oxygen atoms in total. The van der Waals surface area contributed by atoms with Crippen LogP contribution >= 0.6 is 11.8 Å². The van der Waals surface area contributed by atoms with Crippen molar-refractivity contribution in [3.8, 4) is 11.5 Å². The second kappa shape index (κ2) is 9.62. The van der Waals surface area contributed by atoms with Crippen LogP contribution in [0.1, 0.15) is 11.1 Å². The van der Waals surface area contributed by atoms with Gasteiger partial charge in [-0.1, -0.05) is 30.0 Å². The van der Waals surface area contributed by atoms with Gasteiger partial charge in [0, 0.05) is 31.7 Å². The lowest BCUT2D eigenvalue weighted by molar-refractivity contribution is -0.129. The minimum Gasteiger partial charge on any atom is -0.411 e. The number of aromatic nitrogens is 2. The lowest BCUT2D eigenvalue weighted by Gasteiger charge is -2.34. The van der Waals surface area contributed by atoms with Crippen molar-refractivity contribution in [1.82, 2.24) is 19.4 Å². The lowest BCUT2D eigenvalue weighted by Crippen LogP contribution is -2.51. The van der Waals surface area contributed by atoms with Crippen molar-refractivity contribution in [1.29, 1.82) is 0 Å². The number of benzene rings is 2. The number of amides is 1. The number of nitrogens with zero attached hydrogens (tertiary/aromatic N) is 4. The molecule has 1 saturated heterocycles. The quantitative estimate of drug-likeness (QED) is 0.490. The van der Waals surface area contributed by atoms with Gasteiger partial charge in [0.1, 0.15) is 10.7 Å². The van der Waals surface area contributed by atoms with Gasteiger partial charge in [-0.25, -0.2) is 12.8 Å². The summed E-state index contributed by atoms with van der Waals surface area (Å²) in [6.07, 6.45) is 0. The second-order valence-electron chi connectivity index (χ2n) is 7.68. The van der Waals surface area contributed by atoms with Crippen LogP contribution < -0.4 is 0 Å². The predicted octanol–water partition coefficient (Wildman–Crippen LogP) is 3.12. The van der Waals surface area contributed by atoms with Gasteiger partial charge in [-0.05, 0) is 49.2 Å². The molecule has 0 aliphatic carbocycles. The zero-order chi connectivity index (χ0) is 23.6. The fourth-order valence-corrected chi connectivity index (χ4v) is 5.60. The number of aryl methyl sites for hydroxylation is 2. The highest BCUT2D eigenvalue weighted by atomic mass is 32.2. The number of thioether (sulfide) groups is 1. The van der Waals surface area contributed by atoms with Crippen molar-refractivity contribution in [3.63, 3.8) is 0 Å². The maximum absolute atomic E-state index is 14.0. The summed E-state index contributed by atoms with van der Waals surface area (Å²) in [5, 5.41) is 8.34. The van der Waals surface area contributed by atoms with Gasteiger partial charge in [-0.15, -0.1) is 10.2 Å². The van der Waals surface area contributed by atoms with Gasteiger partial charge in [0.2, 0.25) is 21.8 Å². The second-order valence-corrected chi connectivity index (χ2v) is 10.5. The van der Waals surface area contributed by atoms with E-state index in [0.29, 0.717) is 5.89 Å². The molecule has 0 unspecified atom stereocenters. The Labute approximate surface area is 195 Å². The average Bonchev–Trinajstić information content (AvgIpc) is 3.28. The number of rotatable bonds is 6. The zero-order valence-corrected chi connectivity index (χ0v) is 19.8. The van der Waals surface area contributed by atoms with E-state index in [4.69, 9.17) is 4.42 Å². The normalized spacial score (nSPS) is 15.1. The van der Waals surface area contributed by atoms with E-state index in [1.54, 1.807) is 4.90 Å². The van der Waals surface area contributed by atoms with Crippen LogP contribution in [-0.2, 0) is 14.8 Å². The molecule has 1 amide bonds. The number of hydrogen-bond donors (Lipinski definition) is 0. The number of hydrogen-bond acceptors (Lipinski definition) is 7. The van der Waals surface area contributed by atoms with E-state index in [0.717, 1.165) is 29.0 Å². The van der Waals surface area contributed by atoms with Crippen molar-refractivity contribution in [2.75, 3.05) is 31.9 Å². The highest BCUT2D eigenvalue weighted by Gasteiger charge is 2.31. The molecule has 1 aliphatic rings. The van der Waals surface area contributed by atoms with Crippen molar-refractivity contribution < 1.29 is 22.0 Å². The number of halogens is 1. The molecule has 0 N–H and O–H groups in total. The van der Waals surface area contributed by atoms with Gasteiger partial charge in [0.25, 0.3) is 5.22 Å². The zero-order valence-electron chi connectivity index (χ0n) is 18.2. The molecule has 0 spiro atoms. The van der Waals surface area contributed by atoms with Crippen LogP contribution in [0.25, 0.3) is 11.5 Å². The van der Waals surface area contributed by atoms with E-state index in [1.807, 2.05) is 32.0 Å². The first kappa shape index (κ1) is 23.4. The molecule has 33 heavy (non-hydrogen) atoms. The van der Waals surface area contributed by atoms with Gasteiger partial charge in [0.15, 0.2) is 0 Å². The highest BCUT2D eigenvalue weighted by Crippen LogP contribution is 2.25. The lowest BCUT2D eigenvalue weighted by atomic mass is 10.1. The molecule has 0 radical (unpaired) electrons. The van der Waals surface area contributed by atoms with E-state index < -0.39 is 15.8 Å². The molecule has 174 valence electrons. The Kier molecular flexibility index (Phi) is 6.82. The largest absolute Gasteiger partial charge is 0.411 e. The van der Waals surface area contributed by atoms with E-state index in [9.17, 15) is 17.6 Å². The molecule has 11 heteroatoms. The summed E-state index contributed by atoms with van der Waals surface area (Å²) in [5.74, 6) is -0.463. The maximum atomic E-state index is 14.0. The van der Waals surface area contributed by atoms with Crippen LogP contribution in [-0.4, -0.2) is 65.7 Å². The fourth-order valence-electron chi connectivity index (χ4n) is 3.44. The molecular weight excluding hydrogens is 467 g/mol. The minimum absolute atomic E-state index is 0.0919. The number of sulfonamides is 1. The fraction of sp³-hybridized carbons (Fsp3) is 0.318. The Bertz CT molecular complexity index is 1270. The Morgan fingerprint density at radius 3 is 2.48 bits per heavy atom. The van der Waals surface area contributed by atoms with Gasteiger partial charge >= 0.3 is 0 Å². The Morgan fingerprint density at radius 2 is 1.79 bits per heavy atom. The molecule has 4 rings (SSSR count). The van der Waals surface area contributed by atoms with E-state index in [2.05, 4.69) is 10.2 Å². The van der Waals surface area contributed by atoms with Crippen LogP contribution in [0.5, 0.6) is 0 Å².